The van der Waals surface area contributed by atoms with Gasteiger partial charge in [-0.15, -0.1) is 11.8 Å². The first-order valence-corrected chi connectivity index (χ1v) is 11.9. The molecule has 0 bridgehead atoms. The van der Waals surface area contributed by atoms with E-state index < -0.39 is 0 Å². The third-order valence-corrected chi connectivity index (χ3v) is 7.10. The van der Waals surface area contributed by atoms with Crippen molar-refractivity contribution in [3.05, 3.63) is 46.6 Å². The quantitative estimate of drug-likeness (QED) is 0.365. The third-order valence-electron chi connectivity index (χ3n) is 5.63. The van der Waals surface area contributed by atoms with Crippen molar-refractivity contribution in [2.75, 3.05) is 19.6 Å². The van der Waals surface area contributed by atoms with E-state index in [1.807, 2.05) is 16.3 Å². The highest BCUT2D eigenvalue weighted by Crippen LogP contribution is 2.51. The molecule has 0 atom stereocenters. The van der Waals surface area contributed by atoms with E-state index in [2.05, 4.69) is 53.0 Å². The summed E-state index contributed by atoms with van der Waals surface area (Å²) < 4.78 is 3.70. The standard InChI is InChI=1S/C22H32N6OS/c1-2-23-20(25-17-22(12-13-22)30-18-9-4-3-5-10-18)24-14-8-16-28-21(29)27-15-7-6-11-19(27)26-28/h3-5,9-10H,2,6-8,11-17H2,1H3,(H2,23,24,25). The van der Waals surface area contributed by atoms with Gasteiger partial charge in [0.15, 0.2) is 5.96 Å². The SMILES string of the molecule is CCNC(=NCC1(Sc2ccccc2)CC1)NCCCn1nc2n(c1=O)CCCC2. The molecule has 2 N–H and O–H groups in total. The smallest absolute Gasteiger partial charge is 0.345 e. The summed E-state index contributed by atoms with van der Waals surface area (Å²) in [5.74, 6) is 1.80. The van der Waals surface area contributed by atoms with Gasteiger partial charge in [-0.2, -0.15) is 5.10 Å². The van der Waals surface area contributed by atoms with Gasteiger partial charge in [-0.1, -0.05) is 18.2 Å². The summed E-state index contributed by atoms with van der Waals surface area (Å²) in [4.78, 5) is 18.6. The van der Waals surface area contributed by atoms with Crippen LogP contribution >= 0.6 is 11.8 Å². The lowest BCUT2D eigenvalue weighted by molar-refractivity contribution is 0.509. The predicted molar refractivity (Wildman–Crippen MR) is 122 cm³/mol. The Morgan fingerprint density at radius 3 is 2.80 bits per heavy atom. The number of aryl methyl sites for hydroxylation is 2. The van der Waals surface area contributed by atoms with Crippen molar-refractivity contribution in [1.82, 2.24) is 25.0 Å². The molecular weight excluding hydrogens is 396 g/mol. The van der Waals surface area contributed by atoms with Crippen molar-refractivity contribution in [2.45, 2.75) is 68.2 Å². The lowest BCUT2D eigenvalue weighted by atomic mass is 10.2. The van der Waals surface area contributed by atoms with Crippen LogP contribution in [-0.2, 0) is 19.5 Å². The summed E-state index contributed by atoms with van der Waals surface area (Å²) in [5, 5.41) is 11.3. The number of fused-ring (bicyclic) bond motifs is 1. The number of aromatic nitrogens is 3. The Labute approximate surface area is 182 Å². The van der Waals surface area contributed by atoms with Crippen molar-refractivity contribution in [1.29, 1.82) is 0 Å². The van der Waals surface area contributed by atoms with E-state index in [4.69, 9.17) is 4.99 Å². The van der Waals surface area contributed by atoms with Gasteiger partial charge in [0.2, 0.25) is 0 Å². The lowest BCUT2D eigenvalue weighted by Gasteiger charge is -2.15. The topological polar surface area (TPSA) is 76.2 Å². The number of rotatable bonds is 9. The van der Waals surface area contributed by atoms with Crippen LogP contribution in [0.25, 0.3) is 0 Å². The molecule has 1 aromatic heterocycles. The van der Waals surface area contributed by atoms with Gasteiger partial charge in [0.1, 0.15) is 5.82 Å². The van der Waals surface area contributed by atoms with Gasteiger partial charge >= 0.3 is 5.69 Å². The minimum Gasteiger partial charge on any atom is -0.357 e. The van der Waals surface area contributed by atoms with Crippen molar-refractivity contribution < 1.29 is 0 Å². The molecule has 1 fully saturated rings. The molecule has 2 aromatic rings. The summed E-state index contributed by atoms with van der Waals surface area (Å²) in [6.45, 7) is 5.94. The number of thioether (sulfide) groups is 1. The molecule has 162 valence electrons. The Balaban J connectivity index is 1.27. The van der Waals surface area contributed by atoms with Gasteiger partial charge in [0.25, 0.3) is 0 Å². The molecule has 0 unspecified atom stereocenters. The number of guanidine groups is 1. The van der Waals surface area contributed by atoms with Crippen LogP contribution in [-0.4, -0.2) is 44.7 Å². The average Bonchev–Trinajstić information content (AvgIpc) is 3.46. The van der Waals surface area contributed by atoms with Gasteiger partial charge in [-0.25, -0.2) is 9.48 Å². The molecule has 2 heterocycles. The van der Waals surface area contributed by atoms with Crippen molar-refractivity contribution >= 4 is 17.7 Å². The second-order valence-electron chi connectivity index (χ2n) is 8.10. The summed E-state index contributed by atoms with van der Waals surface area (Å²) in [6, 6.07) is 10.6. The average molecular weight is 429 g/mol. The predicted octanol–water partition coefficient (Wildman–Crippen LogP) is 2.65. The molecule has 1 aliphatic carbocycles. The fourth-order valence-corrected chi connectivity index (χ4v) is 4.99. The summed E-state index contributed by atoms with van der Waals surface area (Å²) in [6.07, 6.45) is 6.38. The molecule has 0 amide bonds. The number of benzene rings is 1. The Hall–Kier alpha value is -2.22. The van der Waals surface area contributed by atoms with Crippen molar-refractivity contribution in [3.63, 3.8) is 0 Å². The molecular formula is C22H32N6OS. The fraction of sp³-hybridized carbons (Fsp3) is 0.591. The third kappa shape index (κ3) is 5.28. The normalized spacial score (nSPS) is 17.4. The molecule has 30 heavy (non-hydrogen) atoms. The first kappa shape index (κ1) is 21.0. The zero-order chi connectivity index (χ0) is 20.8. The molecule has 0 saturated heterocycles. The maximum atomic E-state index is 12.4. The lowest BCUT2D eigenvalue weighted by Crippen LogP contribution is -2.39. The van der Waals surface area contributed by atoms with Gasteiger partial charge in [0.05, 0.1) is 6.54 Å². The van der Waals surface area contributed by atoms with Crippen LogP contribution in [0.5, 0.6) is 0 Å². The van der Waals surface area contributed by atoms with E-state index in [9.17, 15) is 4.79 Å². The summed E-state index contributed by atoms with van der Waals surface area (Å²) >= 11 is 1.95. The van der Waals surface area contributed by atoms with E-state index in [-0.39, 0.29) is 10.4 Å². The molecule has 7 nitrogen and oxygen atoms in total. The Morgan fingerprint density at radius 2 is 2.07 bits per heavy atom. The second-order valence-corrected chi connectivity index (χ2v) is 9.65. The largest absolute Gasteiger partial charge is 0.357 e. The molecule has 0 radical (unpaired) electrons. The fourth-order valence-electron chi connectivity index (χ4n) is 3.77. The van der Waals surface area contributed by atoms with Crippen LogP contribution in [0.15, 0.2) is 45.0 Å². The minimum absolute atomic E-state index is 0.0406. The maximum Gasteiger partial charge on any atom is 0.345 e. The Kier molecular flexibility index (Phi) is 6.82. The zero-order valence-electron chi connectivity index (χ0n) is 17.8. The van der Waals surface area contributed by atoms with Crippen LogP contribution in [0.1, 0.15) is 44.9 Å². The highest BCUT2D eigenvalue weighted by molar-refractivity contribution is 8.01. The zero-order valence-corrected chi connectivity index (χ0v) is 18.6. The highest BCUT2D eigenvalue weighted by Gasteiger charge is 2.43. The van der Waals surface area contributed by atoms with Gasteiger partial charge in [-0.3, -0.25) is 9.56 Å². The van der Waals surface area contributed by atoms with E-state index in [1.165, 1.54) is 17.7 Å². The molecule has 2 aliphatic rings. The first-order valence-electron chi connectivity index (χ1n) is 11.1. The Morgan fingerprint density at radius 1 is 1.23 bits per heavy atom. The minimum atomic E-state index is 0.0406. The Bertz CT molecular complexity index is 915. The van der Waals surface area contributed by atoms with Gasteiger partial charge in [0, 0.05) is 42.2 Å². The monoisotopic (exact) mass is 428 g/mol. The number of nitrogens with one attached hydrogen (secondary N) is 2. The number of aliphatic imine (C=N–C) groups is 1. The number of nitrogens with zero attached hydrogens (tertiary/aromatic N) is 4. The van der Waals surface area contributed by atoms with E-state index in [0.29, 0.717) is 6.54 Å². The molecule has 1 aromatic carbocycles. The van der Waals surface area contributed by atoms with Gasteiger partial charge < -0.3 is 10.6 Å². The molecule has 1 saturated carbocycles. The van der Waals surface area contributed by atoms with E-state index in [0.717, 1.165) is 63.6 Å². The first-order chi connectivity index (χ1) is 14.7. The maximum absolute atomic E-state index is 12.4. The molecule has 1 aliphatic heterocycles. The van der Waals surface area contributed by atoms with Crippen molar-refractivity contribution in [2.24, 2.45) is 4.99 Å². The van der Waals surface area contributed by atoms with Crippen LogP contribution in [0.4, 0.5) is 0 Å². The summed E-state index contributed by atoms with van der Waals surface area (Å²) in [7, 11) is 0. The highest BCUT2D eigenvalue weighted by atomic mass is 32.2. The molecule has 8 heteroatoms. The van der Waals surface area contributed by atoms with E-state index >= 15 is 0 Å². The second kappa shape index (κ2) is 9.73. The van der Waals surface area contributed by atoms with Crippen molar-refractivity contribution in [3.8, 4) is 0 Å². The van der Waals surface area contributed by atoms with Crippen LogP contribution in [0.2, 0.25) is 0 Å². The van der Waals surface area contributed by atoms with Gasteiger partial charge in [-0.05, 0) is 51.2 Å². The van der Waals surface area contributed by atoms with Crippen LogP contribution in [0, 0.1) is 0 Å². The summed E-state index contributed by atoms with van der Waals surface area (Å²) in [5.41, 5.74) is 0.0406. The molecule has 4 rings (SSSR count). The number of hydrogen-bond donors (Lipinski definition) is 2. The van der Waals surface area contributed by atoms with Crippen LogP contribution < -0.4 is 16.3 Å². The number of hydrogen-bond acceptors (Lipinski definition) is 4. The van der Waals surface area contributed by atoms with Crippen LogP contribution in [0.3, 0.4) is 0 Å². The molecule has 0 spiro atoms. The van der Waals surface area contributed by atoms with E-state index in [1.54, 1.807) is 4.68 Å².